The fourth-order valence-corrected chi connectivity index (χ4v) is 4.91. The molecule has 1 aromatic carbocycles. The number of fused-ring (bicyclic) bond motifs is 1. The average molecular weight is 363 g/mol. The summed E-state index contributed by atoms with van der Waals surface area (Å²) < 4.78 is 38.8. The number of morpholine rings is 2. The Labute approximate surface area is 147 Å². The van der Waals surface area contributed by atoms with E-state index >= 15 is 0 Å². The zero-order valence-corrected chi connectivity index (χ0v) is 14.7. The monoisotopic (exact) mass is 363 g/mol. The topological polar surface area (TPSA) is 72.0 Å². The van der Waals surface area contributed by atoms with Crippen LogP contribution in [0.3, 0.4) is 0 Å². The van der Waals surface area contributed by atoms with Crippen molar-refractivity contribution < 1.29 is 17.9 Å². The number of benzene rings is 1. The van der Waals surface area contributed by atoms with E-state index in [0.717, 1.165) is 16.6 Å². The third kappa shape index (κ3) is 3.10. The van der Waals surface area contributed by atoms with Crippen LogP contribution >= 0.6 is 0 Å². The minimum Gasteiger partial charge on any atom is -0.379 e. The number of hydrogen-bond acceptors (Lipinski definition) is 6. The molecule has 0 atom stereocenters. The maximum Gasteiger partial charge on any atom is 0.246 e. The van der Waals surface area contributed by atoms with Crippen LogP contribution in [0.1, 0.15) is 0 Å². The number of rotatable bonds is 3. The molecule has 0 unspecified atom stereocenters. The molecule has 3 heterocycles. The second-order valence-corrected chi connectivity index (χ2v) is 8.01. The normalized spacial score (nSPS) is 20.1. The number of hydrogen-bond donors (Lipinski definition) is 0. The number of sulfonamides is 1. The minimum absolute atomic E-state index is 0.273. The maximum atomic E-state index is 13.3. The van der Waals surface area contributed by atoms with E-state index in [4.69, 9.17) is 9.47 Å². The molecule has 2 aromatic rings. The highest BCUT2D eigenvalue weighted by Crippen LogP contribution is 2.34. The van der Waals surface area contributed by atoms with Crippen molar-refractivity contribution in [1.29, 1.82) is 0 Å². The molecule has 2 fully saturated rings. The molecule has 0 bridgehead atoms. The van der Waals surface area contributed by atoms with E-state index < -0.39 is 10.0 Å². The van der Waals surface area contributed by atoms with E-state index in [0.29, 0.717) is 52.6 Å². The highest BCUT2D eigenvalue weighted by molar-refractivity contribution is 7.89. The van der Waals surface area contributed by atoms with E-state index in [1.165, 1.54) is 10.5 Å². The van der Waals surface area contributed by atoms with Gasteiger partial charge in [-0.3, -0.25) is 4.98 Å². The fourth-order valence-electron chi connectivity index (χ4n) is 3.34. The first-order valence-electron chi connectivity index (χ1n) is 8.46. The molecule has 2 aliphatic heterocycles. The average Bonchev–Trinajstić information content (AvgIpc) is 2.68. The number of anilines is 1. The lowest BCUT2D eigenvalue weighted by Gasteiger charge is -2.33. The van der Waals surface area contributed by atoms with Crippen molar-refractivity contribution in [3.8, 4) is 0 Å². The van der Waals surface area contributed by atoms with Crippen molar-refractivity contribution in [3.05, 3.63) is 30.5 Å². The lowest BCUT2D eigenvalue weighted by molar-refractivity contribution is 0.0730. The number of ether oxygens (including phenoxy) is 2. The van der Waals surface area contributed by atoms with Gasteiger partial charge in [0.15, 0.2) is 0 Å². The van der Waals surface area contributed by atoms with Crippen molar-refractivity contribution >= 4 is 26.6 Å². The van der Waals surface area contributed by atoms with Gasteiger partial charge in [0.25, 0.3) is 0 Å². The van der Waals surface area contributed by atoms with Crippen LogP contribution in [-0.4, -0.2) is 70.3 Å². The van der Waals surface area contributed by atoms with Gasteiger partial charge in [0.05, 0.1) is 37.6 Å². The van der Waals surface area contributed by atoms with Crippen molar-refractivity contribution in [2.75, 3.05) is 57.5 Å². The summed E-state index contributed by atoms with van der Waals surface area (Å²) >= 11 is 0. The Kier molecular flexibility index (Phi) is 4.60. The van der Waals surface area contributed by atoms with Gasteiger partial charge in [-0.1, -0.05) is 18.2 Å². The lowest BCUT2D eigenvalue weighted by Crippen LogP contribution is -2.42. The summed E-state index contributed by atoms with van der Waals surface area (Å²) in [6.45, 7) is 4.11. The first-order chi connectivity index (χ1) is 12.2. The van der Waals surface area contributed by atoms with Crippen LogP contribution in [0.15, 0.2) is 35.4 Å². The molecule has 0 amide bonds. The molecular formula is C17H21N3O4S. The number of aromatic nitrogens is 1. The molecule has 0 saturated carbocycles. The van der Waals surface area contributed by atoms with Gasteiger partial charge in [-0.25, -0.2) is 8.42 Å². The Morgan fingerprint density at radius 1 is 0.920 bits per heavy atom. The second-order valence-electron chi connectivity index (χ2n) is 6.10. The quantitative estimate of drug-likeness (QED) is 0.813. The number of pyridine rings is 1. The Morgan fingerprint density at radius 2 is 1.56 bits per heavy atom. The van der Waals surface area contributed by atoms with Crippen molar-refractivity contribution in [2.24, 2.45) is 0 Å². The predicted molar refractivity (Wildman–Crippen MR) is 94.4 cm³/mol. The Balaban J connectivity index is 1.87. The molecule has 25 heavy (non-hydrogen) atoms. The third-order valence-corrected chi connectivity index (χ3v) is 6.53. The smallest absolute Gasteiger partial charge is 0.246 e. The first kappa shape index (κ1) is 16.7. The summed E-state index contributed by atoms with van der Waals surface area (Å²) in [5.74, 6) is 0. The highest BCUT2D eigenvalue weighted by Gasteiger charge is 2.32. The van der Waals surface area contributed by atoms with Gasteiger partial charge in [-0.2, -0.15) is 4.31 Å². The van der Waals surface area contributed by atoms with Crippen LogP contribution in [0.4, 0.5) is 5.69 Å². The van der Waals surface area contributed by atoms with E-state index in [9.17, 15) is 8.42 Å². The van der Waals surface area contributed by atoms with Crippen LogP contribution in [0, 0.1) is 0 Å². The number of para-hydroxylation sites is 1. The number of nitrogens with zero attached hydrogens (tertiary/aromatic N) is 3. The summed E-state index contributed by atoms with van der Waals surface area (Å²) in [6, 6.07) is 7.67. The van der Waals surface area contributed by atoms with Crippen molar-refractivity contribution in [1.82, 2.24) is 9.29 Å². The van der Waals surface area contributed by atoms with Crippen LogP contribution in [0.25, 0.3) is 10.9 Å². The van der Waals surface area contributed by atoms with E-state index in [1.807, 2.05) is 24.3 Å². The Morgan fingerprint density at radius 3 is 2.28 bits per heavy atom. The first-order valence-corrected chi connectivity index (χ1v) is 9.90. The summed E-state index contributed by atoms with van der Waals surface area (Å²) in [5.41, 5.74) is 1.53. The molecular weight excluding hydrogens is 342 g/mol. The van der Waals surface area contributed by atoms with Crippen LogP contribution in [0.5, 0.6) is 0 Å². The Hall–Kier alpha value is -1.74. The molecule has 134 valence electrons. The van der Waals surface area contributed by atoms with Crippen molar-refractivity contribution in [3.63, 3.8) is 0 Å². The summed E-state index contributed by atoms with van der Waals surface area (Å²) in [7, 11) is -3.63. The van der Waals surface area contributed by atoms with Crippen LogP contribution in [-0.2, 0) is 19.5 Å². The van der Waals surface area contributed by atoms with E-state index in [1.54, 1.807) is 0 Å². The van der Waals surface area contributed by atoms with Crippen LogP contribution < -0.4 is 4.90 Å². The molecule has 0 aliphatic carbocycles. The summed E-state index contributed by atoms with van der Waals surface area (Å²) in [4.78, 5) is 6.77. The molecule has 7 nitrogen and oxygen atoms in total. The zero-order chi connectivity index (χ0) is 17.3. The van der Waals surface area contributed by atoms with Gasteiger partial charge in [0, 0.05) is 37.8 Å². The minimum atomic E-state index is -3.63. The van der Waals surface area contributed by atoms with Crippen molar-refractivity contribution in [2.45, 2.75) is 4.90 Å². The van der Waals surface area contributed by atoms with Gasteiger partial charge in [0.1, 0.15) is 4.90 Å². The predicted octanol–water partition coefficient (Wildman–Crippen LogP) is 1.09. The van der Waals surface area contributed by atoms with E-state index in [-0.39, 0.29) is 4.90 Å². The molecule has 1 aromatic heterocycles. The van der Waals surface area contributed by atoms with Gasteiger partial charge in [-0.15, -0.1) is 0 Å². The lowest BCUT2D eigenvalue weighted by atomic mass is 10.1. The molecule has 0 radical (unpaired) electrons. The Bertz CT molecular complexity index is 859. The standard InChI is InChI=1S/C17H21N3O4S/c21-25(22,20-7-11-24-12-8-20)16-13-18-15-4-2-1-3-14(15)17(16)19-5-9-23-10-6-19/h1-4,13H,5-12H2. The van der Waals surface area contributed by atoms with Gasteiger partial charge in [0.2, 0.25) is 10.0 Å². The third-order valence-electron chi connectivity index (χ3n) is 4.63. The van der Waals surface area contributed by atoms with Gasteiger partial charge >= 0.3 is 0 Å². The molecule has 0 spiro atoms. The summed E-state index contributed by atoms with van der Waals surface area (Å²) in [6.07, 6.45) is 1.50. The molecule has 2 aliphatic rings. The molecule has 4 rings (SSSR count). The highest BCUT2D eigenvalue weighted by atomic mass is 32.2. The van der Waals surface area contributed by atoms with Crippen LogP contribution in [0.2, 0.25) is 0 Å². The molecule has 2 saturated heterocycles. The molecule has 0 N–H and O–H groups in total. The SMILES string of the molecule is O=S(=O)(c1cnc2ccccc2c1N1CCOCC1)N1CCOCC1. The maximum absolute atomic E-state index is 13.3. The van der Waals surface area contributed by atoms with Gasteiger partial charge in [-0.05, 0) is 6.07 Å². The van der Waals surface area contributed by atoms with Gasteiger partial charge < -0.3 is 14.4 Å². The zero-order valence-electron chi connectivity index (χ0n) is 13.9. The molecule has 8 heteroatoms. The summed E-state index contributed by atoms with van der Waals surface area (Å²) in [5, 5.41) is 0.860. The largest absolute Gasteiger partial charge is 0.379 e. The second kappa shape index (κ2) is 6.87. The fraction of sp³-hybridized carbons (Fsp3) is 0.471. The van der Waals surface area contributed by atoms with E-state index in [2.05, 4.69) is 9.88 Å².